The molecular formula is C26H31FN6O3. The maximum Gasteiger partial charge on any atom is 0.272 e. The summed E-state index contributed by atoms with van der Waals surface area (Å²) in [6, 6.07) is 6.56. The van der Waals surface area contributed by atoms with E-state index in [1.54, 1.807) is 19.1 Å². The lowest BCUT2D eigenvalue weighted by molar-refractivity contribution is -0.130. The van der Waals surface area contributed by atoms with Gasteiger partial charge in [0.2, 0.25) is 0 Å². The van der Waals surface area contributed by atoms with Crippen LogP contribution in [0.3, 0.4) is 0 Å². The number of halogens is 1. The minimum Gasteiger partial charge on any atom is -0.493 e. The van der Waals surface area contributed by atoms with E-state index >= 15 is 4.39 Å². The smallest absolute Gasteiger partial charge is 0.272 e. The van der Waals surface area contributed by atoms with Gasteiger partial charge in [0.25, 0.3) is 11.8 Å². The van der Waals surface area contributed by atoms with Gasteiger partial charge in [-0.3, -0.25) is 14.3 Å². The molecule has 36 heavy (non-hydrogen) atoms. The molecule has 10 heteroatoms. The summed E-state index contributed by atoms with van der Waals surface area (Å²) in [5.41, 5.74) is 0.455. The van der Waals surface area contributed by atoms with E-state index in [0.717, 1.165) is 24.4 Å². The average molecular weight is 495 g/mol. The van der Waals surface area contributed by atoms with E-state index < -0.39 is 23.2 Å². The van der Waals surface area contributed by atoms with Crippen LogP contribution in [0.4, 0.5) is 4.39 Å². The first kappa shape index (κ1) is 24.1. The van der Waals surface area contributed by atoms with Crippen LogP contribution >= 0.6 is 0 Å². The minimum atomic E-state index is -1.07. The molecule has 0 bridgehead atoms. The fourth-order valence-corrected chi connectivity index (χ4v) is 4.90. The van der Waals surface area contributed by atoms with Crippen molar-refractivity contribution in [3.63, 3.8) is 0 Å². The molecule has 2 aromatic rings. The predicted octanol–water partition coefficient (Wildman–Crippen LogP) is 4.36. The molecule has 1 saturated carbocycles. The lowest BCUT2D eigenvalue weighted by atomic mass is 9.80. The standard InChI is InChI=1S/C26H31FN6O3/c1-3-4-12-36-18-8-9-20(21(27)13-18)26(2)14-19(22-10-11-32(30-22)16-17-6-5-7-17)24(25(35)29-26)33-23(34)15-28-31-33/h8-11,13,17H,3-7,12,14-16H2,1-2H3,(H,29,35)/t26-/m0/s1. The Morgan fingerprint density at radius 3 is 2.75 bits per heavy atom. The second-order valence-corrected chi connectivity index (χ2v) is 9.95. The fourth-order valence-electron chi connectivity index (χ4n) is 4.90. The molecule has 1 N–H and O–H groups in total. The zero-order valence-corrected chi connectivity index (χ0v) is 20.7. The average Bonchev–Trinajstić information content (AvgIpc) is 3.45. The highest BCUT2D eigenvalue weighted by Gasteiger charge is 2.43. The van der Waals surface area contributed by atoms with Crippen LogP contribution in [0.2, 0.25) is 0 Å². The number of hydrogen-bond acceptors (Lipinski definition) is 6. The van der Waals surface area contributed by atoms with Crippen molar-refractivity contribution >= 4 is 17.4 Å². The van der Waals surface area contributed by atoms with Crippen LogP contribution in [0.5, 0.6) is 5.75 Å². The number of benzene rings is 1. The summed E-state index contributed by atoms with van der Waals surface area (Å²) in [5.74, 6) is -0.335. The van der Waals surface area contributed by atoms with Gasteiger partial charge in [0, 0.05) is 36.4 Å². The van der Waals surface area contributed by atoms with Crippen LogP contribution in [0.1, 0.15) is 63.6 Å². The Kier molecular flexibility index (Phi) is 6.59. The van der Waals surface area contributed by atoms with Crippen molar-refractivity contribution in [1.82, 2.24) is 20.1 Å². The SMILES string of the molecule is CCCCOc1ccc([C@]2(C)CC(c3ccn(CC4CCC4)n3)=C(N3N=NCC3=O)C(=O)N2)c(F)c1. The van der Waals surface area contributed by atoms with Gasteiger partial charge in [-0.15, -0.1) is 0 Å². The Labute approximate surface area is 209 Å². The molecule has 1 aliphatic carbocycles. The molecule has 1 fully saturated rings. The Bertz CT molecular complexity index is 1230. The van der Waals surface area contributed by atoms with Crippen molar-refractivity contribution in [3.05, 3.63) is 53.2 Å². The van der Waals surface area contributed by atoms with Crippen molar-refractivity contribution in [2.45, 2.75) is 64.5 Å². The fraction of sp³-hybridized carbons (Fsp3) is 0.500. The third-order valence-electron chi connectivity index (χ3n) is 7.15. The van der Waals surface area contributed by atoms with E-state index in [1.165, 1.54) is 25.3 Å². The minimum absolute atomic E-state index is 0.0903. The number of aromatic nitrogens is 2. The number of nitrogens with zero attached hydrogens (tertiary/aromatic N) is 5. The number of carbonyl (C=O) groups excluding carboxylic acids is 2. The van der Waals surface area contributed by atoms with Gasteiger partial charge in [0.15, 0.2) is 0 Å². The molecule has 2 amide bonds. The van der Waals surface area contributed by atoms with Gasteiger partial charge in [-0.25, -0.2) is 4.39 Å². The van der Waals surface area contributed by atoms with Crippen LogP contribution in [-0.2, 0) is 21.7 Å². The first-order chi connectivity index (χ1) is 17.4. The monoisotopic (exact) mass is 494 g/mol. The first-order valence-electron chi connectivity index (χ1n) is 12.6. The van der Waals surface area contributed by atoms with Crippen LogP contribution < -0.4 is 10.1 Å². The summed E-state index contributed by atoms with van der Waals surface area (Å²) in [7, 11) is 0. The molecule has 3 heterocycles. The second kappa shape index (κ2) is 9.83. The number of hydrogen-bond donors (Lipinski definition) is 1. The van der Waals surface area contributed by atoms with E-state index in [-0.39, 0.29) is 18.7 Å². The molecular weight excluding hydrogens is 463 g/mol. The molecule has 1 atom stereocenters. The zero-order valence-electron chi connectivity index (χ0n) is 20.7. The van der Waals surface area contributed by atoms with Crippen LogP contribution in [0, 0.1) is 11.7 Å². The zero-order chi connectivity index (χ0) is 25.3. The first-order valence-corrected chi connectivity index (χ1v) is 12.6. The largest absolute Gasteiger partial charge is 0.493 e. The number of unbranched alkanes of at least 4 members (excludes halogenated alkanes) is 1. The van der Waals surface area contributed by atoms with Crippen molar-refractivity contribution in [2.75, 3.05) is 13.2 Å². The predicted molar refractivity (Wildman–Crippen MR) is 130 cm³/mol. The summed E-state index contributed by atoms with van der Waals surface area (Å²) in [4.78, 5) is 25.9. The van der Waals surface area contributed by atoms with Crippen molar-refractivity contribution in [3.8, 4) is 5.75 Å². The lowest BCUT2D eigenvalue weighted by Crippen LogP contribution is -2.51. The molecule has 190 valence electrons. The van der Waals surface area contributed by atoms with E-state index in [4.69, 9.17) is 9.84 Å². The molecule has 0 unspecified atom stereocenters. The highest BCUT2D eigenvalue weighted by atomic mass is 19.1. The van der Waals surface area contributed by atoms with Crippen molar-refractivity contribution < 1.29 is 18.7 Å². The molecule has 0 spiro atoms. The molecule has 9 nitrogen and oxygen atoms in total. The van der Waals surface area contributed by atoms with E-state index in [1.807, 2.05) is 16.9 Å². The van der Waals surface area contributed by atoms with Crippen LogP contribution in [0.15, 0.2) is 46.5 Å². The highest BCUT2D eigenvalue weighted by molar-refractivity contribution is 6.06. The van der Waals surface area contributed by atoms with Crippen LogP contribution in [-0.4, -0.2) is 39.8 Å². The molecule has 2 aliphatic heterocycles. The molecule has 1 aromatic heterocycles. The Hall–Kier alpha value is -3.56. The third kappa shape index (κ3) is 4.64. The normalized spacial score (nSPS) is 22.2. The van der Waals surface area contributed by atoms with E-state index in [2.05, 4.69) is 22.6 Å². The van der Waals surface area contributed by atoms with Crippen molar-refractivity contribution in [2.24, 2.45) is 16.3 Å². The summed E-state index contributed by atoms with van der Waals surface area (Å²) in [5, 5.41) is 16.4. The Balaban J connectivity index is 1.49. The Morgan fingerprint density at radius 2 is 2.08 bits per heavy atom. The number of rotatable bonds is 9. The Morgan fingerprint density at radius 1 is 1.25 bits per heavy atom. The van der Waals surface area contributed by atoms with Gasteiger partial charge in [-0.05, 0) is 44.2 Å². The molecule has 0 saturated heterocycles. The highest BCUT2D eigenvalue weighted by Crippen LogP contribution is 2.41. The van der Waals surface area contributed by atoms with Crippen LogP contribution in [0.25, 0.3) is 5.57 Å². The molecule has 3 aliphatic rings. The summed E-state index contributed by atoms with van der Waals surface area (Å²) in [6.07, 6.45) is 7.58. The van der Waals surface area contributed by atoms with Gasteiger partial charge in [-0.2, -0.15) is 15.2 Å². The second-order valence-electron chi connectivity index (χ2n) is 9.95. The van der Waals surface area contributed by atoms with E-state index in [9.17, 15) is 9.59 Å². The van der Waals surface area contributed by atoms with Gasteiger partial charge in [0.1, 0.15) is 23.8 Å². The number of amides is 2. The lowest BCUT2D eigenvalue weighted by Gasteiger charge is -2.38. The third-order valence-corrected chi connectivity index (χ3v) is 7.15. The number of nitrogens with one attached hydrogen (secondary N) is 1. The van der Waals surface area contributed by atoms with Gasteiger partial charge >= 0.3 is 0 Å². The molecule has 0 radical (unpaired) electrons. The summed E-state index contributed by atoms with van der Waals surface area (Å²) in [6.45, 7) is 5.04. The van der Waals surface area contributed by atoms with Gasteiger partial charge in [-0.1, -0.05) is 31.1 Å². The molecule has 5 rings (SSSR count). The van der Waals surface area contributed by atoms with E-state index in [0.29, 0.717) is 35.1 Å². The van der Waals surface area contributed by atoms with Gasteiger partial charge in [0.05, 0.1) is 17.8 Å². The van der Waals surface area contributed by atoms with Crippen molar-refractivity contribution in [1.29, 1.82) is 0 Å². The number of carbonyl (C=O) groups is 2. The maximum atomic E-state index is 15.3. The summed E-state index contributed by atoms with van der Waals surface area (Å²) < 4.78 is 22.9. The number of ether oxygens (including phenoxy) is 1. The summed E-state index contributed by atoms with van der Waals surface area (Å²) >= 11 is 0. The van der Waals surface area contributed by atoms with Gasteiger partial charge < -0.3 is 10.1 Å². The molecule has 1 aromatic carbocycles. The maximum absolute atomic E-state index is 15.3. The topological polar surface area (TPSA) is 101 Å². The quantitative estimate of drug-likeness (QED) is 0.524.